The van der Waals surface area contributed by atoms with E-state index in [1.807, 2.05) is 69.3 Å². The van der Waals surface area contributed by atoms with Gasteiger partial charge in [-0.3, -0.25) is 4.79 Å². The minimum atomic E-state index is -0.370. The standard InChI is InChI=1S/C20H20N2O/c1-20(2,3)18(17(14-21)15-10-6-4-7-11-15)22-19(23)16-12-8-5-9-13-16/h4-13H,1-3H3,(H,22,23). The van der Waals surface area contributed by atoms with Crippen molar-refractivity contribution >= 4 is 11.5 Å². The molecule has 0 aliphatic rings. The van der Waals surface area contributed by atoms with Gasteiger partial charge in [0.25, 0.3) is 5.91 Å². The van der Waals surface area contributed by atoms with E-state index in [1.54, 1.807) is 12.1 Å². The van der Waals surface area contributed by atoms with Crippen molar-refractivity contribution in [1.82, 2.24) is 5.32 Å². The number of amides is 1. The van der Waals surface area contributed by atoms with Gasteiger partial charge in [0.1, 0.15) is 6.07 Å². The van der Waals surface area contributed by atoms with Gasteiger partial charge < -0.3 is 5.32 Å². The molecule has 0 saturated heterocycles. The molecule has 3 heteroatoms. The van der Waals surface area contributed by atoms with E-state index >= 15 is 0 Å². The molecule has 3 nitrogen and oxygen atoms in total. The first-order chi connectivity index (χ1) is 10.9. The van der Waals surface area contributed by atoms with E-state index in [2.05, 4.69) is 11.4 Å². The van der Waals surface area contributed by atoms with E-state index in [4.69, 9.17) is 0 Å². The highest BCUT2D eigenvalue weighted by molar-refractivity contribution is 5.97. The normalized spacial score (nSPS) is 12.1. The molecule has 1 amide bonds. The van der Waals surface area contributed by atoms with Gasteiger partial charge in [0, 0.05) is 16.7 Å². The fourth-order valence-electron chi connectivity index (χ4n) is 2.27. The molecule has 2 aromatic rings. The van der Waals surface area contributed by atoms with Gasteiger partial charge in [-0.2, -0.15) is 5.26 Å². The number of nitrogens with zero attached hydrogens (tertiary/aromatic N) is 1. The first-order valence-electron chi connectivity index (χ1n) is 7.50. The van der Waals surface area contributed by atoms with Gasteiger partial charge in [0.05, 0.1) is 5.57 Å². The van der Waals surface area contributed by atoms with Crippen LogP contribution in [0.2, 0.25) is 0 Å². The Bertz CT molecular complexity index is 748. The summed E-state index contributed by atoms with van der Waals surface area (Å²) in [6.45, 7) is 5.94. The Morgan fingerprint density at radius 1 is 0.913 bits per heavy atom. The molecule has 1 N–H and O–H groups in total. The minimum Gasteiger partial charge on any atom is -0.324 e. The lowest BCUT2D eigenvalue weighted by molar-refractivity contribution is 0.0958. The van der Waals surface area contributed by atoms with Crippen molar-refractivity contribution in [3.8, 4) is 6.07 Å². The largest absolute Gasteiger partial charge is 0.324 e. The molecular weight excluding hydrogens is 284 g/mol. The number of allylic oxidation sites excluding steroid dienone is 2. The topological polar surface area (TPSA) is 52.9 Å². The molecule has 0 aliphatic heterocycles. The van der Waals surface area contributed by atoms with Crippen LogP contribution in [-0.4, -0.2) is 5.91 Å². The van der Waals surface area contributed by atoms with Crippen LogP contribution >= 0.6 is 0 Å². The van der Waals surface area contributed by atoms with Crippen LogP contribution in [0.1, 0.15) is 36.7 Å². The van der Waals surface area contributed by atoms with E-state index in [9.17, 15) is 10.1 Å². The summed E-state index contributed by atoms with van der Waals surface area (Å²) >= 11 is 0. The molecule has 0 bridgehead atoms. The zero-order valence-electron chi connectivity index (χ0n) is 13.6. The fourth-order valence-corrected chi connectivity index (χ4v) is 2.27. The van der Waals surface area contributed by atoms with Crippen LogP contribution < -0.4 is 5.32 Å². The summed E-state index contributed by atoms with van der Waals surface area (Å²) in [5.74, 6) is -0.209. The van der Waals surface area contributed by atoms with E-state index in [1.165, 1.54) is 0 Å². The minimum absolute atomic E-state index is 0.209. The maximum absolute atomic E-state index is 12.5. The Morgan fingerprint density at radius 3 is 1.83 bits per heavy atom. The number of rotatable bonds is 3. The van der Waals surface area contributed by atoms with Crippen LogP contribution in [0.15, 0.2) is 66.4 Å². The third-order valence-corrected chi connectivity index (χ3v) is 3.45. The second-order valence-electron chi connectivity index (χ2n) is 6.30. The predicted molar refractivity (Wildman–Crippen MR) is 92.3 cm³/mol. The first-order valence-corrected chi connectivity index (χ1v) is 7.50. The zero-order chi connectivity index (χ0) is 16.9. The highest BCUT2D eigenvalue weighted by Gasteiger charge is 2.24. The molecule has 0 fully saturated rings. The Balaban J connectivity index is 2.48. The maximum Gasteiger partial charge on any atom is 0.255 e. The average molecular weight is 304 g/mol. The Labute approximate surface area is 137 Å². The molecule has 0 heterocycles. The summed E-state index contributed by atoms with van der Waals surface area (Å²) in [6.07, 6.45) is 0. The molecule has 0 aromatic heterocycles. The SMILES string of the molecule is CC(C)(C)C(NC(=O)c1ccccc1)=C(C#N)c1ccccc1. The van der Waals surface area contributed by atoms with Crippen molar-refractivity contribution in [2.75, 3.05) is 0 Å². The van der Waals surface area contributed by atoms with Crippen molar-refractivity contribution in [3.05, 3.63) is 77.5 Å². The molecule has 23 heavy (non-hydrogen) atoms. The second kappa shape index (κ2) is 6.93. The lowest BCUT2D eigenvalue weighted by Gasteiger charge is -2.25. The molecule has 0 saturated carbocycles. The smallest absolute Gasteiger partial charge is 0.255 e. The maximum atomic E-state index is 12.5. The van der Waals surface area contributed by atoms with Crippen molar-refractivity contribution in [2.24, 2.45) is 5.41 Å². The summed E-state index contributed by atoms with van der Waals surface area (Å²) in [5, 5.41) is 12.6. The summed E-state index contributed by atoms with van der Waals surface area (Å²) < 4.78 is 0. The number of carbonyl (C=O) groups excluding carboxylic acids is 1. The molecule has 0 spiro atoms. The van der Waals surface area contributed by atoms with Crippen LogP contribution in [0.5, 0.6) is 0 Å². The number of carbonyl (C=O) groups is 1. The van der Waals surface area contributed by atoms with Crippen LogP contribution in [-0.2, 0) is 0 Å². The number of benzene rings is 2. The Morgan fingerprint density at radius 2 is 1.39 bits per heavy atom. The van der Waals surface area contributed by atoms with E-state index in [0.29, 0.717) is 16.8 Å². The van der Waals surface area contributed by atoms with Gasteiger partial charge in [-0.15, -0.1) is 0 Å². The molecular formula is C20H20N2O. The van der Waals surface area contributed by atoms with Crippen LogP contribution in [0, 0.1) is 16.7 Å². The number of hydrogen-bond donors (Lipinski definition) is 1. The summed E-state index contributed by atoms with van der Waals surface area (Å²) in [7, 11) is 0. The molecule has 0 unspecified atom stereocenters. The van der Waals surface area contributed by atoms with Gasteiger partial charge in [-0.1, -0.05) is 69.3 Å². The summed E-state index contributed by atoms with van der Waals surface area (Å²) in [4.78, 5) is 12.5. The molecule has 0 atom stereocenters. The van der Waals surface area contributed by atoms with Gasteiger partial charge in [-0.05, 0) is 17.7 Å². The van der Waals surface area contributed by atoms with Crippen molar-refractivity contribution < 1.29 is 4.79 Å². The summed E-state index contributed by atoms with van der Waals surface area (Å²) in [5.41, 5.74) is 2.11. The van der Waals surface area contributed by atoms with Gasteiger partial charge in [-0.25, -0.2) is 0 Å². The molecule has 2 aromatic carbocycles. The third kappa shape index (κ3) is 4.08. The highest BCUT2D eigenvalue weighted by atomic mass is 16.1. The Kier molecular flexibility index (Phi) is 4.98. The van der Waals surface area contributed by atoms with Crippen molar-refractivity contribution in [1.29, 1.82) is 5.26 Å². The van der Waals surface area contributed by atoms with Crippen molar-refractivity contribution in [2.45, 2.75) is 20.8 Å². The van der Waals surface area contributed by atoms with Gasteiger partial charge in [0.15, 0.2) is 0 Å². The van der Waals surface area contributed by atoms with Gasteiger partial charge in [0.2, 0.25) is 0 Å². The first kappa shape index (κ1) is 16.5. The predicted octanol–water partition coefficient (Wildman–Crippen LogP) is 4.40. The fraction of sp³-hybridized carbons (Fsp3) is 0.200. The third-order valence-electron chi connectivity index (χ3n) is 3.45. The highest BCUT2D eigenvalue weighted by Crippen LogP contribution is 2.30. The molecule has 0 radical (unpaired) electrons. The molecule has 0 aliphatic carbocycles. The lowest BCUT2D eigenvalue weighted by Crippen LogP contribution is -2.31. The number of nitrogens with one attached hydrogen (secondary N) is 1. The Hall–Kier alpha value is -2.86. The lowest BCUT2D eigenvalue weighted by atomic mass is 9.86. The van der Waals surface area contributed by atoms with Crippen LogP contribution in [0.3, 0.4) is 0 Å². The van der Waals surface area contributed by atoms with Crippen LogP contribution in [0.25, 0.3) is 5.57 Å². The molecule has 116 valence electrons. The van der Waals surface area contributed by atoms with E-state index in [0.717, 1.165) is 5.56 Å². The van der Waals surface area contributed by atoms with Crippen LogP contribution in [0.4, 0.5) is 0 Å². The second-order valence-corrected chi connectivity index (χ2v) is 6.30. The average Bonchev–Trinajstić information content (AvgIpc) is 2.55. The zero-order valence-corrected chi connectivity index (χ0v) is 13.6. The van der Waals surface area contributed by atoms with E-state index < -0.39 is 0 Å². The monoisotopic (exact) mass is 304 g/mol. The summed E-state index contributed by atoms with van der Waals surface area (Å²) in [6, 6.07) is 20.7. The quantitative estimate of drug-likeness (QED) is 0.855. The number of nitriles is 1. The van der Waals surface area contributed by atoms with Gasteiger partial charge >= 0.3 is 0 Å². The molecule has 2 rings (SSSR count). The van der Waals surface area contributed by atoms with Crippen molar-refractivity contribution in [3.63, 3.8) is 0 Å². The van der Waals surface area contributed by atoms with E-state index in [-0.39, 0.29) is 11.3 Å². The number of hydrogen-bond acceptors (Lipinski definition) is 2.